The summed E-state index contributed by atoms with van der Waals surface area (Å²) in [6.07, 6.45) is 2.68. The van der Waals surface area contributed by atoms with Gasteiger partial charge in [0.05, 0.1) is 0 Å². The minimum Gasteiger partial charge on any atom is -0.352 e. The van der Waals surface area contributed by atoms with E-state index < -0.39 is 0 Å². The molecule has 102 valence electrons. The zero-order chi connectivity index (χ0) is 13.7. The van der Waals surface area contributed by atoms with Crippen molar-refractivity contribution in [2.24, 2.45) is 11.7 Å². The molecular weight excluding hydrogens is 242 g/mol. The van der Waals surface area contributed by atoms with Crippen LogP contribution in [0.15, 0.2) is 24.3 Å². The second-order valence-electron chi connectivity index (χ2n) is 4.74. The Balaban J connectivity index is 1.93. The average Bonchev–Trinajstić information content (AvgIpc) is 3.23. The van der Waals surface area contributed by atoms with Gasteiger partial charge in [-0.2, -0.15) is 0 Å². The summed E-state index contributed by atoms with van der Waals surface area (Å²) in [7, 11) is 0. The monoisotopic (exact) mass is 261 g/mol. The van der Waals surface area contributed by atoms with Gasteiger partial charge in [0.2, 0.25) is 5.91 Å². The molecule has 1 fully saturated rings. The molecule has 0 saturated heterocycles. The molecule has 0 radical (unpaired) electrons. The lowest BCUT2D eigenvalue weighted by Gasteiger charge is -2.07. The van der Waals surface area contributed by atoms with E-state index in [1.54, 1.807) is 24.3 Å². The minimum absolute atomic E-state index is 0.0423. The van der Waals surface area contributed by atoms with Crippen molar-refractivity contribution in [3.63, 3.8) is 0 Å². The van der Waals surface area contributed by atoms with Gasteiger partial charge in [-0.15, -0.1) is 0 Å². The molecule has 5 nitrogen and oxygen atoms in total. The number of benzene rings is 1. The van der Waals surface area contributed by atoms with Crippen molar-refractivity contribution in [1.82, 2.24) is 5.32 Å². The molecular formula is C14H19N3O2. The van der Waals surface area contributed by atoms with Crippen LogP contribution < -0.4 is 16.4 Å². The number of hydrogen-bond acceptors (Lipinski definition) is 3. The van der Waals surface area contributed by atoms with Gasteiger partial charge >= 0.3 is 0 Å². The minimum atomic E-state index is -0.143. The van der Waals surface area contributed by atoms with Crippen molar-refractivity contribution < 1.29 is 9.59 Å². The summed E-state index contributed by atoms with van der Waals surface area (Å²) in [5.41, 5.74) is 6.58. The lowest BCUT2D eigenvalue weighted by atomic mass is 10.2. The molecule has 1 saturated carbocycles. The Labute approximate surface area is 112 Å². The van der Waals surface area contributed by atoms with Gasteiger partial charge in [0.15, 0.2) is 0 Å². The van der Waals surface area contributed by atoms with Crippen LogP contribution in [0.25, 0.3) is 0 Å². The molecule has 5 heteroatoms. The van der Waals surface area contributed by atoms with Gasteiger partial charge in [-0.3, -0.25) is 9.59 Å². The van der Waals surface area contributed by atoms with E-state index in [9.17, 15) is 9.59 Å². The van der Waals surface area contributed by atoms with Gasteiger partial charge in [-0.05, 0) is 44.0 Å². The van der Waals surface area contributed by atoms with E-state index in [0.717, 1.165) is 19.3 Å². The fourth-order valence-corrected chi connectivity index (χ4v) is 1.73. The van der Waals surface area contributed by atoms with E-state index in [-0.39, 0.29) is 17.7 Å². The maximum atomic E-state index is 11.8. The van der Waals surface area contributed by atoms with Crippen molar-refractivity contribution in [2.45, 2.75) is 19.3 Å². The molecule has 2 rings (SSSR count). The molecule has 0 aromatic heterocycles. The van der Waals surface area contributed by atoms with Gasteiger partial charge in [0.25, 0.3) is 5.91 Å². The first-order chi connectivity index (χ1) is 9.20. The average molecular weight is 261 g/mol. The third kappa shape index (κ3) is 4.06. The third-order valence-corrected chi connectivity index (χ3v) is 3.01. The number of hydrogen-bond donors (Lipinski definition) is 3. The van der Waals surface area contributed by atoms with E-state index in [2.05, 4.69) is 10.6 Å². The number of carbonyl (C=O) groups is 2. The highest BCUT2D eigenvalue weighted by Crippen LogP contribution is 2.30. The number of anilines is 1. The van der Waals surface area contributed by atoms with Gasteiger partial charge in [0.1, 0.15) is 0 Å². The Morgan fingerprint density at radius 1 is 1.32 bits per heavy atom. The van der Waals surface area contributed by atoms with Crippen LogP contribution >= 0.6 is 0 Å². The van der Waals surface area contributed by atoms with E-state index in [0.29, 0.717) is 24.3 Å². The number of nitrogens with one attached hydrogen (secondary N) is 2. The Hall–Kier alpha value is -1.88. The van der Waals surface area contributed by atoms with Gasteiger partial charge < -0.3 is 16.4 Å². The quantitative estimate of drug-likeness (QED) is 0.671. The lowest BCUT2D eigenvalue weighted by molar-refractivity contribution is -0.117. The van der Waals surface area contributed by atoms with E-state index in [1.165, 1.54) is 0 Å². The van der Waals surface area contributed by atoms with Gasteiger partial charge in [-0.25, -0.2) is 0 Å². The van der Waals surface area contributed by atoms with Crippen LogP contribution in [0.5, 0.6) is 0 Å². The highest BCUT2D eigenvalue weighted by molar-refractivity contribution is 5.98. The molecule has 1 aromatic rings. The predicted molar refractivity (Wildman–Crippen MR) is 73.8 cm³/mol. The standard InChI is InChI=1S/C14H19N3O2/c15-7-2-8-16-13(18)11-3-1-4-12(9-11)17-14(19)10-5-6-10/h1,3-4,9-10H,2,5-8,15H2,(H,16,18)(H,17,19). The van der Waals surface area contributed by atoms with Crippen LogP contribution in [0.4, 0.5) is 5.69 Å². The molecule has 0 spiro atoms. The smallest absolute Gasteiger partial charge is 0.251 e. The van der Waals surface area contributed by atoms with Crippen LogP contribution in [-0.4, -0.2) is 24.9 Å². The molecule has 2 amide bonds. The Bertz CT molecular complexity index is 470. The molecule has 1 aliphatic rings. The van der Waals surface area contributed by atoms with Crippen molar-refractivity contribution in [1.29, 1.82) is 0 Å². The number of rotatable bonds is 6. The highest BCUT2D eigenvalue weighted by atomic mass is 16.2. The van der Waals surface area contributed by atoms with Gasteiger partial charge in [0, 0.05) is 23.7 Å². The molecule has 0 atom stereocenters. The summed E-state index contributed by atoms with van der Waals surface area (Å²) in [5, 5.41) is 5.61. The van der Waals surface area contributed by atoms with E-state index in [1.807, 2.05) is 0 Å². The number of amides is 2. The highest BCUT2D eigenvalue weighted by Gasteiger charge is 2.29. The molecule has 0 heterocycles. The molecule has 0 unspecified atom stereocenters. The predicted octanol–water partition coefficient (Wildman–Crippen LogP) is 1.11. The summed E-state index contributed by atoms with van der Waals surface area (Å²) in [4.78, 5) is 23.5. The zero-order valence-corrected chi connectivity index (χ0v) is 10.8. The molecule has 19 heavy (non-hydrogen) atoms. The first-order valence-electron chi connectivity index (χ1n) is 6.60. The van der Waals surface area contributed by atoms with Crippen LogP contribution in [0, 0.1) is 5.92 Å². The first kappa shape index (κ1) is 13.5. The van der Waals surface area contributed by atoms with Crippen molar-refractivity contribution in [2.75, 3.05) is 18.4 Å². The van der Waals surface area contributed by atoms with Crippen LogP contribution in [0.1, 0.15) is 29.6 Å². The normalized spacial score (nSPS) is 13.9. The van der Waals surface area contributed by atoms with E-state index >= 15 is 0 Å². The summed E-state index contributed by atoms with van der Waals surface area (Å²) < 4.78 is 0. The number of carbonyl (C=O) groups excluding carboxylic acids is 2. The Kier molecular flexibility index (Phi) is 4.52. The second kappa shape index (κ2) is 6.33. The number of nitrogens with two attached hydrogens (primary N) is 1. The summed E-state index contributed by atoms with van der Waals surface area (Å²) >= 11 is 0. The fourth-order valence-electron chi connectivity index (χ4n) is 1.73. The largest absolute Gasteiger partial charge is 0.352 e. The van der Waals surface area contributed by atoms with Gasteiger partial charge in [-0.1, -0.05) is 6.07 Å². The molecule has 0 aliphatic heterocycles. The van der Waals surface area contributed by atoms with Crippen LogP contribution in [0.3, 0.4) is 0 Å². The van der Waals surface area contributed by atoms with Crippen molar-refractivity contribution >= 4 is 17.5 Å². The van der Waals surface area contributed by atoms with E-state index in [4.69, 9.17) is 5.73 Å². The second-order valence-corrected chi connectivity index (χ2v) is 4.74. The Morgan fingerprint density at radius 3 is 2.79 bits per heavy atom. The van der Waals surface area contributed by atoms with Crippen LogP contribution in [-0.2, 0) is 4.79 Å². The maximum Gasteiger partial charge on any atom is 0.251 e. The van der Waals surface area contributed by atoms with Crippen molar-refractivity contribution in [3.05, 3.63) is 29.8 Å². The van der Waals surface area contributed by atoms with Crippen LogP contribution in [0.2, 0.25) is 0 Å². The maximum absolute atomic E-state index is 11.8. The first-order valence-corrected chi connectivity index (χ1v) is 6.60. The zero-order valence-electron chi connectivity index (χ0n) is 10.8. The Morgan fingerprint density at radius 2 is 2.11 bits per heavy atom. The summed E-state index contributed by atoms with van der Waals surface area (Å²) in [6.45, 7) is 1.12. The molecule has 1 aliphatic carbocycles. The molecule has 0 bridgehead atoms. The third-order valence-electron chi connectivity index (χ3n) is 3.01. The topological polar surface area (TPSA) is 84.2 Å². The summed E-state index contributed by atoms with van der Waals surface area (Å²) in [5.74, 6) is 0.0543. The fraction of sp³-hybridized carbons (Fsp3) is 0.429. The molecule has 1 aromatic carbocycles. The summed E-state index contributed by atoms with van der Waals surface area (Å²) in [6, 6.07) is 6.97. The SMILES string of the molecule is NCCCNC(=O)c1cccc(NC(=O)C2CC2)c1. The lowest BCUT2D eigenvalue weighted by Crippen LogP contribution is -2.26. The van der Waals surface area contributed by atoms with Crippen molar-refractivity contribution in [3.8, 4) is 0 Å². The molecule has 4 N–H and O–H groups in total.